The Kier molecular flexibility index (Phi) is 7.14. The van der Waals surface area contributed by atoms with Crippen molar-refractivity contribution in [3.63, 3.8) is 0 Å². The lowest BCUT2D eigenvalue weighted by atomic mass is 9.93. The molecule has 3 aromatic rings. The summed E-state index contributed by atoms with van der Waals surface area (Å²) in [4.78, 5) is 17.1. The van der Waals surface area contributed by atoms with Crippen molar-refractivity contribution in [2.45, 2.75) is 32.4 Å². The minimum absolute atomic E-state index is 0.00929. The van der Waals surface area contributed by atoms with E-state index in [1.54, 1.807) is 24.3 Å². The number of carbonyl (C=O) groups is 1. The number of hydrogen-bond acceptors (Lipinski definition) is 4. The van der Waals surface area contributed by atoms with Crippen molar-refractivity contribution in [1.82, 2.24) is 4.98 Å². The molecule has 168 valence electrons. The van der Waals surface area contributed by atoms with Gasteiger partial charge in [-0.2, -0.15) is 0 Å². The predicted octanol–water partition coefficient (Wildman–Crippen LogP) is 6.71. The normalized spacial score (nSPS) is 12.8. The number of alkyl halides is 1. The van der Waals surface area contributed by atoms with Crippen molar-refractivity contribution in [3.8, 4) is 22.8 Å². The Bertz CT molecular complexity index is 1150. The average molecular weight is 460 g/mol. The fraction of sp³-hybridized carbons (Fsp3) is 0.280. The number of halogens is 3. The molecule has 0 bridgehead atoms. The highest BCUT2D eigenvalue weighted by molar-refractivity contribution is 6.31. The summed E-state index contributed by atoms with van der Waals surface area (Å²) in [5.74, 6) is 0.256. The van der Waals surface area contributed by atoms with Gasteiger partial charge in [-0.1, -0.05) is 23.7 Å². The molecule has 7 heteroatoms. The number of pyridine rings is 1. The maximum atomic E-state index is 15.6. The van der Waals surface area contributed by atoms with Crippen LogP contribution in [0.2, 0.25) is 5.02 Å². The number of benzene rings is 2. The fourth-order valence-electron chi connectivity index (χ4n) is 3.37. The number of Topliss-reactive ketones (excluding diaryl/α,β-unsaturated/α-hetero) is 1. The van der Waals surface area contributed by atoms with E-state index in [-0.39, 0.29) is 29.3 Å². The first-order chi connectivity index (χ1) is 15.2. The summed E-state index contributed by atoms with van der Waals surface area (Å²) in [6, 6.07) is 12.4. The minimum Gasteiger partial charge on any atom is -0.496 e. The summed E-state index contributed by atoms with van der Waals surface area (Å²) < 4.78 is 39.8. The number of hydrogen-bond donors (Lipinski definition) is 0. The van der Waals surface area contributed by atoms with Gasteiger partial charge < -0.3 is 9.47 Å². The van der Waals surface area contributed by atoms with Crippen molar-refractivity contribution >= 4 is 17.4 Å². The molecule has 0 radical (unpaired) electrons. The zero-order chi connectivity index (χ0) is 23.5. The van der Waals surface area contributed by atoms with Crippen LogP contribution in [-0.2, 0) is 5.67 Å². The van der Waals surface area contributed by atoms with Crippen LogP contribution in [0, 0.1) is 12.7 Å². The molecular formula is C25H24ClF2NO3. The number of nitrogens with zero attached hydrogens (tertiary/aromatic N) is 1. The Balaban J connectivity index is 1.84. The molecule has 0 saturated carbocycles. The van der Waals surface area contributed by atoms with Gasteiger partial charge in [0.15, 0.2) is 5.78 Å². The van der Waals surface area contributed by atoms with Crippen LogP contribution in [0.15, 0.2) is 48.5 Å². The van der Waals surface area contributed by atoms with Crippen LogP contribution in [0.4, 0.5) is 8.78 Å². The van der Waals surface area contributed by atoms with Crippen molar-refractivity contribution in [2.75, 3.05) is 14.2 Å². The molecule has 0 spiro atoms. The molecule has 0 fully saturated rings. The summed E-state index contributed by atoms with van der Waals surface area (Å²) in [5.41, 5.74) is 0.472. The van der Waals surface area contributed by atoms with Gasteiger partial charge >= 0.3 is 0 Å². The summed E-state index contributed by atoms with van der Waals surface area (Å²) in [5, 5.41) is -0.0705. The smallest absolute Gasteiger partial charge is 0.163 e. The first kappa shape index (κ1) is 23.7. The molecule has 1 aromatic heterocycles. The zero-order valence-electron chi connectivity index (χ0n) is 18.3. The van der Waals surface area contributed by atoms with Crippen LogP contribution in [-0.4, -0.2) is 25.0 Å². The molecule has 1 unspecified atom stereocenters. The molecule has 1 atom stereocenters. The number of aromatic nitrogens is 1. The van der Waals surface area contributed by atoms with E-state index in [0.717, 1.165) is 5.56 Å². The molecule has 32 heavy (non-hydrogen) atoms. The van der Waals surface area contributed by atoms with Crippen molar-refractivity contribution in [3.05, 3.63) is 76.2 Å². The maximum absolute atomic E-state index is 15.6. The Morgan fingerprint density at radius 3 is 2.44 bits per heavy atom. The summed E-state index contributed by atoms with van der Waals surface area (Å²) >= 11 is 5.90. The number of carbonyl (C=O) groups excluding carboxylic acids is 1. The fourth-order valence-corrected chi connectivity index (χ4v) is 3.55. The van der Waals surface area contributed by atoms with E-state index < -0.39 is 11.5 Å². The largest absolute Gasteiger partial charge is 0.496 e. The maximum Gasteiger partial charge on any atom is 0.163 e. The van der Waals surface area contributed by atoms with E-state index >= 15 is 4.39 Å². The second-order valence-electron chi connectivity index (χ2n) is 7.68. The van der Waals surface area contributed by atoms with Gasteiger partial charge in [0.2, 0.25) is 0 Å². The first-order valence-electron chi connectivity index (χ1n) is 10.0. The van der Waals surface area contributed by atoms with E-state index in [9.17, 15) is 9.18 Å². The predicted molar refractivity (Wildman–Crippen MR) is 121 cm³/mol. The number of rotatable bonds is 8. The number of methoxy groups -OCH3 is 2. The first-order valence-corrected chi connectivity index (χ1v) is 10.4. The highest BCUT2D eigenvalue weighted by Gasteiger charge is 2.30. The van der Waals surface area contributed by atoms with Gasteiger partial charge in [-0.15, -0.1) is 0 Å². The van der Waals surface area contributed by atoms with Crippen LogP contribution in [0.3, 0.4) is 0 Å². The van der Waals surface area contributed by atoms with E-state index in [2.05, 4.69) is 4.98 Å². The minimum atomic E-state index is -1.88. The summed E-state index contributed by atoms with van der Waals surface area (Å²) in [6.07, 6.45) is -0.0738. The quantitative estimate of drug-likeness (QED) is 0.351. The lowest BCUT2D eigenvalue weighted by Crippen LogP contribution is -2.19. The molecule has 0 saturated heterocycles. The molecule has 2 aromatic carbocycles. The lowest BCUT2D eigenvalue weighted by Gasteiger charge is -2.21. The molecule has 3 rings (SSSR count). The van der Waals surface area contributed by atoms with Gasteiger partial charge in [-0.25, -0.2) is 13.8 Å². The molecule has 4 nitrogen and oxygen atoms in total. The molecule has 0 N–H and O–H groups in total. The van der Waals surface area contributed by atoms with E-state index in [4.69, 9.17) is 21.1 Å². The Morgan fingerprint density at radius 1 is 1.06 bits per heavy atom. The van der Waals surface area contributed by atoms with E-state index in [1.807, 2.05) is 6.92 Å². The van der Waals surface area contributed by atoms with Gasteiger partial charge in [-0.05, 0) is 62.2 Å². The van der Waals surface area contributed by atoms with Crippen LogP contribution >= 0.6 is 11.6 Å². The lowest BCUT2D eigenvalue weighted by molar-refractivity contribution is 0.0929. The molecule has 1 heterocycles. The third kappa shape index (κ3) is 5.07. The number of aryl methyl sites for hydroxylation is 1. The Morgan fingerprint density at radius 2 is 1.78 bits per heavy atom. The topological polar surface area (TPSA) is 48.4 Å². The SMILES string of the molecule is COc1cc(C(=O)CCC(C)(F)c2ccc(OC)c(-c3ccc(F)c(Cl)c3)n2)ccc1C. The second kappa shape index (κ2) is 9.65. The van der Waals surface area contributed by atoms with E-state index in [1.165, 1.54) is 45.4 Å². The average Bonchev–Trinajstić information content (AvgIpc) is 2.79. The van der Waals surface area contributed by atoms with Gasteiger partial charge in [0.1, 0.15) is 28.7 Å². The zero-order valence-corrected chi connectivity index (χ0v) is 19.1. The van der Waals surface area contributed by atoms with Crippen molar-refractivity contribution in [1.29, 1.82) is 0 Å². The van der Waals surface area contributed by atoms with Gasteiger partial charge in [0.05, 0.1) is 24.9 Å². The monoisotopic (exact) mass is 459 g/mol. The standard InChI is InChI=1S/C25H24ClF2NO3/c1-15-5-6-16(14-22(15)32-4)20(30)11-12-25(2,28)23-10-9-21(31-3)24(29-23)17-7-8-19(27)18(26)13-17/h5-10,13-14H,11-12H2,1-4H3. The molecule has 0 amide bonds. The van der Waals surface area contributed by atoms with Crippen LogP contribution < -0.4 is 9.47 Å². The third-order valence-corrected chi connectivity index (χ3v) is 5.65. The molecule has 0 aliphatic heterocycles. The van der Waals surface area contributed by atoms with Gasteiger partial charge in [-0.3, -0.25) is 4.79 Å². The van der Waals surface area contributed by atoms with Crippen LogP contribution in [0.25, 0.3) is 11.3 Å². The van der Waals surface area contributed by atoms with Crippen molar-refractivity contribution in [2.24, 2.45) is 0 Å². The Hall–Kier alpha value is -2.99. The third-order valence-electron chi connectivity index (χ3n) is 5.36. The van der Waals surface area contributed by atoms with Gasteiger partial charge in [0.25, 0.3) is 0 Å². The van der Waals surface area contributed by atoms with Crippen molar-refractivity contribution < 1.29 is 23.0 Å². The number of ketones is 1. The van der Waals surface area contributed by atoms with Crippen LogP contribution in [0.1, 0.15) is 41.4 Å². The number of ether oxygens (including phenoxy) is 2. The summed E-state index contributed by atoms with van der Waals surface area (Å²) in [6.45, 7) is 3.26. The second-order valence-corrected chi connectivity index (χ2v) is 8.09. The van der Waals surface area contributed by atoms with Gasteiger partial charge in [0, 0.05) is 17.5 Å². The highest BCUT2D eigenvalue weighted by atomic mass is 35.5. The van der Waals surface area contributed by atoms with Crippen LogP contribution in [0.5, 0.6) is 11.5 Å². The Labute approximate surface area is 191 Å². The highest BCUT2D eigenvalue weighted by Crippen LogP contribution is 2.36. The molecule has 0 aliphatic rings. The molecule has 0 aliphatic carbocycles. The molecular weight excluding hydrogens is 436 g/mol. The summed E-state index contributed by atoms with van der Waals surface area (Å²) in [7, 11) is 3.00. The van der Waals surface area contributed by atoms with E-state index in [0.29, 0.717) is 28.3 Å².